The molecule has 2 aliphatic heterocycles. The molecule has 9 unspecified atom stereocenters. The minimum atomic E-state index is -2.79. The molecule has 0 bridgehead atoms. The molecule has 0 aromatic heterocycles. The van der Waals surface area contributed by atoms with E-state index in [-0.39, 0.29) is 0 Å². The summed E-state index contributed by atoms with van der Waals surface area (Å²) in [5, 5.41) is 98.0. The number of aliphatic carboxylic acids is 1. The van der Waals surface area contributed by atoms with Crippen molar-refractivity contribution >= 4 is 17.8 Å². The first-order valence-corrected chi connectivity index (χ1v) is 15.7. The highest BCUT2D eigenvalue weighted by Crippen LogP contribution is 2.39. The van der Waals surface area contributed by atoms with Gasteiger partial charge in [0.25, 0.3) is 5.79 Å². The standard InChI is InChI=1S/C29H52N2O17/c1-12(2)24-23(41)26(48-29(28(42)43)7-18(40)22(31-15(5)38)19(47-29)6-16(39)8-32)25(21(11-35)44-24)46-27(17(9-33)30-14(4)37)45-20(10-34)13(3)36/h12-13,16-27,32-36,39-41H,6-11H2,1-5H3,(H,30,37)(H,31,38)(H,42,43)/t13-,16+,17+,18?,19-,20?,21?,22?,23?,24?,25?,26?,27?,29+/m1/s1. The molecule has 0 aromatic carbocycles. The Hall–Kier alpha value is -2.11. The normalized spacial score (nSPS) is 34.1. The molecule has 2 aliphatic rings. The van der Waals surface area contributed by atoms with Gasteiger partial charge >= 0.3 is 5.97 Å². The summed E-state index contributed by atoms with van der Waals surface area (Å²) in [4.78, 5) is 36.8. The summed E-state index contributed by atoms with van der Waals surface area (Å²) in [7, 11) is 0. The third-order valence-electron chi connectivity index (χ3n) is 8.14. The van der Waals surface area contributed by atoms with E-state index in [1.807, 2.05) is 0 Å². The molecule has 0 radical (unpaired) electrons. The Bertz CT molecular complexity index is 1040. The molecule has 2 fully saturated rings. The van der Waals surface area contributed by atoms with Gasteiger partial charge in [-0.25, -0.2) is 4.79 Å². The predicted molar refractivity (Wildman–Crippen MR) is 160 cm³/mol. The lowest BCUT2D eigenvalue weighted by molar-refractivity contribution is -0.364. The molecule has 2 saturated heterocycles. The van der Waals surface area contributed by atoms with Gasteiger partial charge < -0.3 is 80.3 Å². The van der Waals surface area contributed by atoms with Crippen LogP contribution in [0.2, 0.25) is 0 Å². The molecule has 19 nitrogen and oxygen atoms in total. The van der Waals surface area contributed by atoms with Crippen molar-refractivity contribution in [3.8, 4) is 0 Å². The molecule has 280 valence electrons. The lowest BCUT2D eigenvalue weighted by Crippen LogP contribution is -2.69. The van der Waals surface area contributed by atoms with Crippen LogP contribution in [0.15, 0.2) is 0 Å². The minimum Gasteiger partial charge on any atom is -0.477 e. The van der Waals surface area contributed by atoms with Gasteiger partial charge in [-0.2, -0.15) is 0 Å². The fourth-order valence-corrected chi connectivity index (χ4v) is 5.73. The van der Waals surface area contributed by atoms with Crippen LogP contribution in [0.3, 0.4) is 0 Å². The highest BCUT2D eigenvalue weighted by atomic mass is 16.8. The number of aliphatic hydroxyl groups excluding tert-OH is 8. The van der Waals surface area contributed by atoms with Crippen LogP contribution >= 0.6 is 0 Å². The van der Waals surface area contributed by atoms with Gasteiger partial charge in [0, 0.05) is 26.7 Å². The van der Waals surface area contributed by atoms with Crippen LogP contribution < -0.4 is 10.6 Å². The van der Waals surface area contributed by atoms with Crippen molar-refractivity contribution < 1.29 is 84.0 Å². The van der Waals surface area contributed by atoms with Crippen molar-refractivity contribution in [2.24, 2.45) is 5.92 Å². The first-order valence-electron chi connectivity index (χ1n) is 15.7. The van der Waals surface area contributed by atoms with Gasteiger partial charge in [-0.3, -0.25) is 9.59 Å². The molecule has 0 aliphatic carbocycles. The van der Waals surface area contributed by atoms with E-state index in [1.54, 1.807) is 13.8 Å². The Morgan fingerprint density at radius 1 is 0.938 bits per heavy atom. The number of carbonyl (C=O) groups is 3. The maximum atomic E-state index is 12.9. The van der Waals surface area contributed by atoms with Crippen molar-refractivity contribution in [3.63, 3.8) is 0 Å². The number of amides is 2. The lowest BCUT2D eigenvalue weighted by Gasteiger charge is -2.51. The number of aliphatic hydroxyl groups is 8. The van der Waals surface area contributed by atoms with Crippen molar-refractivity contribution in [1.82, 2.24) is 10.6 Å². The fraction of sp³-hybridized carbons (Fsp3) is 0.897. The summed E-state index contributed by atoms with van der Waals surface area (Å²) < 4.78 is 29.7. The molecule has 2 amide bonds. The van der Waals surface area contributed by atoms with E-state index in [0.717, 1.165) is 13.8 Å². The van der Waals surface area contributed by atoms with Crippen molar-refractivity contribution in [1.29, 1.82) is 0 Å². The zero-order valence-electron chi connectivity index (χ0n) is 27.6. The van der Waals surface area contributed by atoms with Crippen molar-refractivity contribution in [3.05, 3.63) is 0 Å². The smallest absolute Gasteiger partial charge is 0.364 e. The van der Waals surface area contributed by atoms with Gasteiger partial charge in [-0.05, 0) is 12.8 Å². The average Bonchev–Trinajstić information content (AvgIpc) is 3.00. The van der Waals surface area contributed by atoms with Crippen LogP contribution in [0.1, 0.15) is 47.5 Å². The van der Waals surface area contributed by atoms with Crippen LogP contribution in [-0.2, 0) is 38.1 Å². The third-order valence-corrected chi connectivity index (χ3v) is 8.14. The summed E-state index contributed by atoms with van der Waals surface area (Å²) in [6.45, 7) is 3.76. The monoisotopic (exact) mass is 700 g/mol. The lowest BCUT2D eigenvalue weighted by atomic mass is 9.87. The Balaban J connectivity index is 2.67. The number of hydrogen-bond donors (Lipinski definition) is 11. The predicted octanol–water partition coefficient (Wildman–Crippen LogP) is -4.71. The SMILES string of the molecule is CC(=O)NC1C(O)C[C@](OC2C(O)C(C(C)C)OC(CO)C2OC(OC(CO)[C@@H](C)O)[C@H](CO)NC(C)=O)(C(=O)O)O[C@@H]1C[C@H](O)CO. The van der Waals surface area contributed by atoms with Gasteiger partial charge in [0.05, 0.1) is 63.0 Å². The number of nitrogens with one attached hydrogen (secondary N) is 2. The molecule has 0 aromatic rings. The summed E-state index contributed by atoms with van der Waals surface area (Å²) >= 11 is 0. The topological polar surface area (TPSA) is 303 Å². The third kappa shape index (κ3) is 10.7. The maximum Gasteiger partial charge on any atom is 0.364 e. The van der Waals surface area contributed by atoms with Crippen LogP contribution in [0, 0.1) is 5.92 Å². The quantitative estimate of drug-likeness (QED) is 0.0599. The highest BCUT2D eigenvalue weighted by molar-refractivity contribution is 5.76. The summed E-state index contributed by atoms with van der Waals surface area (Å²) in [5.41, 5.74) is 0. The van der Waals surface area contributed by atoms with Gasteiger partial charge in [0.2, 0.25) is 11.8 Å². The molecular weight excluding hydrogens is 648 g/mol. The fourth-order valence-electron chi connectivity index (χ4n) is 5.73. The Kier molecular flexibility index (Phi) is 16.4. The number of carboxylic acid groups (broad SMARTS) is 1. The zero-order chi connectivity index (χ0) is 36.5. The van der Waals surface area contributed by atoms with Gasteiger partial charge in [0.1, 0.15) is 36.6 Å². The van der Waals surface area contributed by atoms with E-state index in [0.29, 0.717) is 0 Å². The second kappa shape index (κ2) is 18.8. The average molecular weight is 701 g/mol. The largest absolute Gasteiger partial charge is 0.477 e. The van der Waals surface area contributed by atoms with Gasteiger partial charge in [0.15, 0.2) is 6.29 Å². The van der Waals surface area contributed by atoms with E-state index < -0.39 is 148 Å². The van der Waals surface area contributed by atoms with Crippen molar-refractivity contribution in [2.75, 3.05) is 26.4 Å². The molecule has 48 heavy (non-hydrogen) atoms. The van der Waals surface area contributed by atoms with E-state index in [4.69, 9.17) is 23.7 Å². The molecule has 0 saturated carbocycles. The number of carboxylic acids is 1. The van der Waals surface area contributed by atoms with E-state index in [9.17, 15) is 60.3 Å². The Morgan fingerprint density at radius 3 is 2.04 bits per heavy atom. The summed E-state index contributed by atoms with van der Waals surface area (Å²) in [6, 6.07) is -2.63. The molecule has 2 heterocycles. The second-order valence-electron chi connectivity index (χ2n) is 12.5. The number of carbonyl (C=O) groups excluding carboxylic acids is 2. The Morgan fingerprint density at radius 2 is 1.58 bits per heavy atom. The first-order chi connectivity index (χ1) is 22.4. The summed E-state index contributed by atoms with van der Waals surface area (Å²) in [5.74, 6) is -6.30. The summed E-state index contributed by atoms with van der Waals surface area (Å²) in [6.07, 6.45) is -17.9. The van der Waals surface area contributed by atoms with Crippen molar-refractivity contribution in [2.45, 2.75) is 133 Å². The zero-order valence-corrected chi connectivity index (χ0v) is 27.6. The van der Waals surface area contributed by atoms with Crippen LogP contribution in [0.25, 0.3) is 0 Å². The van der Waals surface area contributed by atoms with Crippen LogP contribution in [0.4, 0.5) is 0 Å². The highest BCUT2D eigenvalue weighted by Gasteiger charge is 2.59. The molecule has 0 spiro atoms. The second-order valence-corrected chi connectivity index (χ2v) is 12.5. The molecule has 2 rings (SSSR count). The van der Waals surface area contributed by atoms with Crippen LogP contribution in [0.5, 0.6) is 0 Å². The Labute approximate surface area is 277 Å². The van der Waals surface area contributed by atoms with E-state index in [1.165, 1.54) is 6.92 Å². The number of rotatable bonds is 18. The van der Waals surface area contributed by atoms with E-state index in [2.05, 4.69) is 10.6 Å². The van der Waals surface area contributed by atoms with Gasteiger partial charge in [-0.1, -0.05) is 13.8 Å². The van der Waals surface area contributed by atoms with Crippen LogP contribution in [-0.4, -0.2) is 175 Å². The molecule has 11 N–H and O–H groups in total. The van der Waals surface area contributed by atoms with E-state index >= 15 is 0 Å². The molecule has 14 atom stereocenters. The number of ether oxygens (including phenoxy) is 5. The number of hydrogen-bond acceptors (Lipinski definition) is 16. The molecular formula is C29H52N2O17. The van der Waals surface area contributed by atoms with Gasteiger partial charge in [-0.15, -0.1) is 0 Å². The maximum absolute atomic E-state index is 12.9. The molecule has 19 heteroatoms. The minimum absolute atomic E-state index is 0.457. The first kappa shape index (κ1) is 42.1.